The second kappa shape index (κ2) is 6.10. The number of aliphatic carboxylic acids is 1. The molecule has 1 atom stereocenters. The highest BCUT2D eigenvalue weighted by atomic mass is 19.4. The van der Waals surface area contributed by atoms with E-state index in [0.717, 1.165) is 24.3 Å². The molecule has 0 spiro atoms. The molecular weight excluding hydrogens is 315 g/mol. The van der Waals surface area contributed by atoms with Gasteiger partial charge in [-0.05, 0) is 45.4 Å². The van der Waals surface area contributed by atoms with Crippen LogP contribution in [0.1, 0.15) is 38.8 Å². The number of nitrogens with one attached hydrogen (secondary N) is 1. The van der Waals surface area contributed by atoms with Crippen LogP contribution in [0.2, 0.25) is 0 Å². The summed E-state index contributed by atoms with van der Waals surface area (Å²) in [5.74, 6) is -1.43. The summed E-state index contributed by atoms with van der Waals surface area (Å²) in [4.78, 5) is 23.3. The smallest absolute Gasteiger partial charge is 0.416 e. The number of alkyl halides is 3. The molecule has 1 unspecified atom stereocenters. The van der Waals surface area contributed by atoms with Crippen molar-refractivity contribution in [2.24, 2.45) is 0 Å². The van der Waals surface area contributed by atoms with Gasteiger partial charge in [0.15, 0.2) is 5.54 Å². The fourth-order valence-corrected chi connectivity index (χ4v) is 1.75. The third kappa shape index (κ3) is 4.87. The molecule has 0 aliphatic heterocycles. The summed E-state index contributed by atoms with van der Waals surface area (Å²) < 4.78 is 42.7. The topological polar surface area (TPSA) is 75.6 Å². The molecular formula is C15H18F3NO4. The van der Waals surface area contributed by atoms with Gasteiger partial charge in [0.25, 0.3) is 0 Å². The van der Waals surface area contributed by atoms with Crippen molar-refractivity contribution in [3.8, 4) is 0 Å². The van der Waals surface area contributed by atoms with Gasteiger partial charge in [0, 0.05) is 0 Å². The van der Waals surface area contributed by atoms with Crippen molar-refractivity contribution in [2.75, 3.05) is 0 Å². The van der Waals surface area contributed by atoms with E-state index in [-0.39, 0.29) is 5.56 Å². The van der Waals surface area contributed by atoms with Gasteiger partial charge in [0.2, 0.25) is 0 Å². The number of hydrogen-bond acceptors (Lipinski definition) is 3. The molecule has 1 aromatic rings. The Bertz CT molecular complexity index is 590. The SMILES string of the molecule is CC(C)(C)OC(=O)NC(C)(C(=O)O)c1ccc(C(F)(F)F)cc1. The van der Waals surface area contributed by atoms with Crippen LogP contribution in [0.25, 0.3) is 0 Å². The summed E-state index contributed by atoms with van der Waals surface area (Å²) >= 11 is 0. The van der Waals surface area contributed by atoms with Gasteiger partial charge in [-0.15, -0.1) is 0 Å². The summed E-state index contributed by atoms with van der Waals surface area (Å²) in [6, 6.07) is 3.53. The Morgan fingerprint density at radius 2 is 1.43 bits per heavy atom. The second-order valence-electron chi connectivity index (χ2n) is 6.13. The zero-order valence-electron chi connectivity index (χ0n) is 13.1. The fourth-order valence-electron chi connectivity index (χ4n) is 1.75. The van der Waals surface area contributed by atoms with Crippen LogP contribution in [0.15, 0.2) is 24.3 Å². The number of alkyl carbamates (subject to hydrolysis) is 1. The molecule has 0 saturated heterocycles. The van der Waals surface area contributed by atoms with Crippen molar-refractivity contribution in [1.29, 1.82) is 0 Å². The number of carboxylic acid groups (broad SMARTS) is 1. The maximum absolute atomic E-state index is 12.6. The van der Waals surface area contributed by atoms with Crippen LogP contribution >= 0.6 is 0 Å². The number of rotatable bonds is 3. The quantitative estimate of drug-likeness (QED) is 0.887. The molecule has 8 heteroatoms. The highest BCUT2D eigenvalue weighted by Gasteiger charge is 2.39. The van der Waals surface area contributed by atoms with Crippen LogP contribution in [0.5, 0.6) is 0 Å². The molecule has 0 saturated carbocycles. The van der Waals surface area contributed by atoms with Crippen molar-refractivity contribution in [1.82, 2.24) is 5.32 Å². The molecule has 1 rings (SSSR count). The molecule has 2 N–H and O–H groups in total. The average molecular weight is 333 g/mol. The van der Waals surface area contributed by atoms with Gasteiger partial charge in [-0.3, -0.25) is 0 Å². The van der Waals surface area contributed by atoms with E-state index in [1.807, 2.05) is 0 Å². The number of carbonyl (C=O) groups excluding carboxylic acids is 1. The van der Waals surface area contributed by atoms with E-state index in [1.165, 1.54) is 6.92 Å². The number of hydrogen-bond donors (Lipinski definition) is 2. The molecule has 0 aliphatic carbocycles. The van der Waals surface area contributed by atoms with Crippen molar-refractivity contribution in [3.05, 3.63) is 35.4 Å². The zero-order chi connectivity index (χ0) is 18.1. The van der Waals surface area contributed by atoms with Crippen LogP contribution < -0.4 is 5.32 Å². The van der Waals surface area contributed by atoms with E-state index >= 15 is 0 Å². The minimum atomic E-state index is -4.53. The van der Waals surface area contributed by atoms with E-state index in [2.05, 4.69) is 5.32 Å². The Kier molecular flexibility index (Phi) is 4.98. The summed E-state index contributed by atoms with van der Waals surface area (Å²) in [5.41, 5.74) is -3.69. The number of halogens is 3. The number of carbonyl (C=O) groups is 2. The summed E-state index contributed by atoms with van der Waals surface area (Å²) in [7, 11) is 0. The molecule has 0 radical (unpaired) electrons. The largest absolute Gasteiger partial charge is 0.479 e. The first-order valence-corrected chi connectivity index (χ1v) is 6.68. The lowest BCUT2D eigenvalue weighted by Crippen LogP contribution is -2.51. The normalized spacial score (nSPS) is 14.7. The van der Waals surface area contributed by atoms with Gasteiger partial charge in [0.1, 0.15) is 5.60 Å². The molecule has 23 heavy (non-hydrogen) atoms. The first-order chi connectivity index (χ1) is 10.3. The van der Waals surface area contributed by atoms with Gasteiger partial charge >= 0.3 is 18.2 Å². The Morgan fingerprint density at radius 3 is 1.78 bits per heavy atom. The number of amides is 1. The second-order valence-corrected chi connectivity index (χ2v) is 6.13. The van der Waals surface area contributed by atoms with Crippen LogP contribution in [-0.2, 0) is 21.2 Å². The number of ether oxygens (including phenoxy) is 1. The first kappa shape index (κ1) is 18.8. The maximum Gasteiger partial charge on any atom is 0.416 e. The number of carboxylic acids is 1. The Hall–Kier alpha value is -2.25. The van der Waals surface area contributed by atoms with Crippen LogP contribution in [0, 0.1) is 0 Å². The van der Waals surface area contributed by atoms with Crippen molar-refractivity contribution in [2.45, 2.75) is 45.0 Å². The van der Waals surface area contributed by atoms with E-state index in [9.17, 15) is 27.9 Å². The molecule has 0 heterocycles. The van der Waals surface area contributed by atoms with Gasteiger partial charge in [-0.1, -0.05) is 12.1 Å². The molecule has 0 aromatic heterocycles. The highest BCUT2D eigenvalue weighted by Crippen LogP contribution is 2.31. The Labute approximate surface area is 131 Å². The zero-order valence-corrected chi connectivity index (χ0v) is 13.1. The highest BCUT2D eigenvalue weighted by molar-refractivity contribution is 5.85. The lowest BCUT2D eigenvalue weighted by atomic mass is 9.91. The Morgan fingerprint density at radius 1 is 1.00 bits per heavy atom. The lowest BCUT2D eigenvalue weighted by molar-refractivity contribution is -0.144. The van der Waals surface area contributed by atoms with Crippen molar-refractivity contribution >= 4 is 12.1 Å². The molecule has 5 nitrogen and oxygen atoms in total. The molecule has 0 aliphatic rings. The van der Waals surface area contributed by atoms with E-state index in [1.54, 1.807) is 20.8 Å². The van der Waals surface area contributed by atoms with E-state index in [0.29, 0.717) is 0 Å². The predicted molar refractivity (Wildman–Crippen MR) is 75.8 cm³/mol. The third-order valence-corrected chi connectivity index (χ3v) is 2.97. The average Bonchev–Trinajstić information content (AvgIpc) is 2.35. The van der Waals surface area contributed by atoms with Crippen LogP contribution in [-0.4, -0.2) is 22.8 Å². The number of benzene rings is 1. The predicted octanol–water partition coefficient (Wildman–Crippen LogP) is 3.53. The van der Waals surface area contributed by atoms with Gasteiger partial charge in [0.05, 0.1) is 5.56 Å². The minimum absolute atomic E-state index is 0.0103. The van der Waals surface area contributed by atoms with Crippen molar-refractivity contribution in [3.63, 3.8) is 0 Å². The third-order valence-electron chi connectivity index (χ3n) is 2.97. The van der Waals surface area contributed by atoms with E-state index in [4.69, 9.17) is 4.74 Å². The molecule has 128 valence electrons. The molecule has 0 fully saturated rings. The van der Waals surface area contributed by atoms with Gasteiger partial charge < -0.3 is 15.2 Å². The summed E-state index contributed by atoms with van der Waals surface area (Å²) in [5, 5.41) is 11.6. The van der Waals surface area contributed by atoms with Gasteiger partial charge in [-0.25, -0.2) is 9.59 Å². The Balaban J connectivity index is 3.10. The maximum atomic E-state index is 12.6. The minimum Gasteiger partial charge on any atom is -0.479 e. The van der Waals surface area contributed by atoms with Crippen molar-refractivity contribution < 1.29 is 32.6 Å². The standard InChI is InChI=1S/C15H18F3NO4/c1-13(2,3)23-12(22)19-14(4,11(20)21)9-5-7-10(8-6-9)15(16,17)18/h5-8H,1-4H3,(H,19,22)(H,20,21). The molecule has 1 amide bonds. The summed E-state index contributed by atoms with van der Waals surface area (Å²) in [6.07, 6.45) is -5.51. The lowest BCUT2D eigenvalue weighted by Gasteiger charge is -2.29. The first-order valence-electron chi connectivity index (χ1n) is 6.68. The molecule has 1 aromatic carbocycles. The monoisotopic (exact) mass is 333 g/mol. The van der Waals surface area contributed by atoms with Crippen LogP contribution in [0.4, 0.5) is 18.0 Å². The van der Waals surface area contributed by atoms with E-state index < -0.39 is 34.9 Å². The molecule has 0 bridgehead atoms. The van der Waals surface area contributed by atoms with Gasteiger partial charge in [-0.2, -0.15) is 13.2 Å². The summed E-state index contributed by atoms with van der Waals surface area (Å²) in [6.45, 7) is 5.97. The van der Waals surface area contributed by atoms with Crippen LogP contribution in [0.3, 0.4) is 0 Å². The fraction of sp³-hybridized carbons (Fsp3) is 0.467.